The van der Waals surface area contributed by atoms with E-state index in [2.05, 4.69) is 10.6 Å². The molecule has 14 heavy (non-hydrogen) atoms. The molecule has 0 aromatic rings. The molecule has 2 aliphatic heterocycles. The Labute approximate surface area is 85.7 Å². The maximum Gasteiger partial charge on any atom is 0.0564 e. The van der Waals surface area contributed by atoms with Crippen LogP contribution in [0.5, 0.6) is 0 Å². The third kappa shape index (κ3) is 5.54. The van der Waals surface area contributed by atoms with Crippen LogP contribution in [0.1, 0.15) is 25.7 Å². The molecule has 84 valence electrons. The summed E-state index contributed by atoms with van der Waals surface area (Å²) in [5.41, 5.74) is 0. The standard InChI is InChI=1S/2C5H11NO/c2*7-5-1-3-6-4-2-5/h2*5-7H,1-4H2. The van der Waals surface area contributed by atoms with Crippen molar-refractivity contribution in [3.63, 3.8) is 0 Å². The van der Waals surface area contributed by atoms with Crippen molar-refractivity contribution in [2.45, 2.75) is 37.9 Å². The lowest BCUT2D eigenvalue weighted by atomic mass is 10.1. The van der Waals surface area contributed by atoms with Crippen LogP contribution in [-0.2, 0) is 0 Å². The molecule has 0 aromatic carbocycles. The van der Waals surface area contributed by atoms with Crippen molar-refractivity contribution in [1.82, 2.24) is 10.6 Å². The third-order valence-electron chi connectivity index (χ3n) is 2.62. The average molecular weight is 202 g/mol. The van der Waals surface area contributed by atoms with E-state index in [1.165, 1.54) is 0 Å². The molecule has 0 amide bonds. The van der Waals surface area contributed by atoms with Gasteiger partial charge in [-0.05, 0) is 51.9 Å². The minimum Gasteiger partial charge on any atom is -0.393 e. The van der Waals surface area contributed by atoms with Crippen molar-refractivity contribution >= 4 is 0 Å². The maximum atomic E-state index is 8.87. The zero-order valence-electron chi connectivity index (χ0n) is 8.71. The van der Waals surface area contributed by atoms with E-state index >= 15 is 0 Å². The molecule has 4 heteroatoms. The van der Waals surface area contributed by atoms with Gasteiger partial charge in [-0.15, -0.1) is 0 Å². The summed E-state index contributed by atoms with van der Waals surface area (Å²) < 4.78 is 0. The van der Waals surface area contributed by atoms with Gasteiger partial charge in [0.1, 0.15) is 0 Å². The normalized spacial score (nSPS) is 25.3. The second kappa shape index (κ2) is 7.17. The van der Waals surface area contributed by atoms with Gasteiger partial charge in [-0.25, -0.2) is 0 Å². The molecule has 2 aliphatic rings. The number of aliphatic hydroxyl groups is 2. The highest BCUT2D eigenvalue weighted by Crippen LogP contribution is 1.99. The Hall–Kier alpha value is -0.160. The Balaban J connectivity index is 0.000000140. The Morgan fingerprint density at radius 3 is 1.07 bits per heavy atom. The van der Waals surface area contributed by atoms with Gasteiger partial charge in [0, 0.05) is 0 Å². The van der Waals surface area contributed by atoms with Crippen LogP contribution in [0.2, 0.25) is 0 Å². The molecule has 0 unspecified atom stereocenters. The first kappa shape index (κ1) is 11.9. The van der Waals surface area contributed by atoms with Crippen LogP contribution in [0.15, 0.2) is 0 Å². The number of rotatable bonds is 0. The zero-order chi connectivity index (χ0) is 10.2. The van der Waals surface area contributed by atoms with E-state index < -0.39 is 0 Å². The fourth-order valence-corrected chi connectivity index (χ4v) is 1.61. The highest BCUT2D eigenvalue weighted by Gasteiger charge is 2.07. The molecule has 4 nitrogen and oxygen atoms in total. The number of piperidine rings is 2. The van der Waals surface area contributed by atoms with Crippen molar-refractivity contribution in [2.24, 2.45) is 0 Å². The molecule has 2 heterocycles. The third-order valence-corrected chi connectivity index (χ3v) is 2.62. The minimum absolute atomic E-state index is 0.0266. The van der Waals surface area contributed by atoms with Gasteiger partial charge in [0.25, 0.3) is 0 Å². The van der Waals surface area contributed by atoms with E-state index in [4.69, 9.17) is 10.2 Å². The van der Waals surface area contributed by atoms with Crippen LogP contribution in [0.3, 0.4) is 0 Å². The number of nitrogens with one attached hydrogen (secondary N) is 2. The van der Waals surface area contributed by atoms with Crippen LogP contribution in [0, 0.1) is 0 Å². The van der Waals surface area contributed by atoms with E-state index in [0.29, 0.717) is 0 Å². The summed E-state index contributed by atoms with van der Waals surface area (Å²) in [6, 6.07) is 0. The first-order valence-corrected chi connectivity index (χ1v) is 5.56. The fraction of sp³-hybridized carbons (Fsp3) is 1.00. The summed E-state index contributed by atoms with van der Waals surface area (Å²) in [6.45, 7) is 3.95. The van der Waals surface area contributed by atoms with E-state index in [9.17, 15) is 0 Å². The van der Waals surface area contributed by atoms with Crippen molar-refractivity contribution in [1.29, 1.82) is 0 Å². The number of hydrogen-bond acceptors (Lipinski definition) is 4. The minimum atomic E-state index is -0.0266. The summed E-state index contributed by atoms with van der Waals surface area (Å²) in [5, 5.41) is 24.0. The van der Waals surface area contributed by atoms with Crippen molar-refractivity contribution < 1.29 is 10.2 Å². The highest BCUT2D eigenvalue weighted by molar-refractivity contribution is 4.65. The Morgan fingerprint density at radius 2 is 0.929 bits per heavy atom. The molecule has 0 radical (unpaired) electrons. The maximum absolute atomic E-state index is 8.87. The van der Waals surface area contributed by atoms with Crippen LogP contribution >= 0.6 is 0 Å². The van der Waals surface area contributed by atoms with Crippen molar-refractivity contribution in [3.8, 4) is 0 Å². The largest absolute Gasteiger partial charge is 0.393 e. The molecule has 2 saturated heterocycles. The molecule has 2 fully saturated rings. The molecule has 0 spiro atoms. The van der Waals surface area contributed by atoms with Gasteiger partial charge in [-0.3, -0.25) is 0 Å². The molecule has 4 N–H and O–H groups in total. The van der Waals surface area contributed by atoms with Crippen molar-refractivity contribution in [2.75, 3.05) is 26.2 Å². The lowest BCUT2D eigenvalue weighted by molar-refractivity contribution is 0.137. The smallest absolute Gasteiger partial charge is 0.0564 e. The molecule has 2 rings (SSSR count). The van der Waals surface area contributed by atoms with E-state index in [1.54, 1.807) is 0 Å². The van der Waals surface area contributed by atoms with Crippen LogP contribution in [-0.4, -0.2) is 48.6 Å². The summed E-state index contributed by atoms with van der Waals surface area (Å²) in [4.78, 5) is 0. The van der Waals surface area contributed by atoms with Gasteiger partial charge in [0.15, 0.2) is 0 Å². The number of aliphatic hydroxyl groups excluding tert-OH is 2. The average Bonchev–Trinajstić information content (AvgIpc) is 2.21. The van der Waals surface area contributed by atoms with Crippen LogP contribution < -0.4 is 10.6 Å². The second-order valence-corrected chi connectivity index (χ2v) is 3.96. The van der Waals surface area contributed by atoms with E-state index in [-0.39, 0.29) is 12.2 Å². The SMILES string of the molecule is OC1CCNCC1.OC1CCNCC1. The first-order chi connectivity index (χ1) is 6.79. The molecule has 0 aliphatic carbocycles. The van der Waals surface area contributed by atoms with Crippen LogP contribution in [0.25, 0.3) is 0 Å². The lowest BCUT2D eigenvalue weighted by Crippen LogP contribution is -2.30. The fourth-order valence-electron chi connectivity index (χ4n) is 1.61. The molecular weight excluding hydrogens is 180 g/mol. The predicted molar refractivity (Wildman–Crippen MR) is 56.2 cm³/mol. The Kier molecular flexibility index (Phi) is 6.10. The quantitative estimate of drug-likeness (QED) is 0.426. The molecule has 0 saturated carbocycles. The zero-order valence-corrected chi connectivity index (χ0v) is 8.71. The summed E-state index contributed by atoms with van der Waals surface area (Å²) >= 11 is 0. The van der Waals surface area contributed by atoms with Gasteiger partial charge in [0.2, 0.25) is 0 Å². The van der Waals surface area contributed by atoms with Crippen LogP contribution in [0.4, 0.5) is 0 Å². The monoisotopic (exact) mass is 202 g/mol. The molecule has 0 bridgehead atoms. The molecule has 0 aromatic heterocycles. The second-order valence-electron chi connectivity index (χ2n) is 3.96. The van der Waals surface area contributed by atoms with Gasteiger partial charge in [-0.2, -0.15) is 0 Å². The van der Waals surface area contributed by atoms with Gasteiger partial charge in [0.05, 0.1) is 12.2 Å². The van der Waals surface area contributed by atoms with Gasteiger partial charge in [-0.1, -0.05) is 0 Å². The van der Waals surface area contributed by atoms with E-state index in [1.807, 2.05) is 0 Å². The molecular formula is C10H22N2O2. The number of hydrogen-bond donors (Lipinski definition) is 4. The molecule has 0 atom stereocenters. The Bertz CT molecular complexity index is 116. The first-order valence-electron chi connectivity index (χ1n) is 5.56. The summed E-state index contributed by atoms with van der Waals surface area (Å²) in [5.74, 6) is 0. The van der Waals surface area contributed by atoms with E-state index in [0.717, 1.165) is 51.9 Å². The predicted octanol–water partition coefficient (Wildman–Crippen LogP) is -0.539. The van der Waals surface area contributed by atoms with Gasteiger partial charge >= 0.3 is 0 Å². The lowest BCUT2D eigenvalue weighted by Gasteiger charge is -2.16. The summed E-state index contributed by atoms with van der Waals surface area (Å²) in [7, 11) is 0. The summed E-state index contributed by atoms with van der Waals surface area (Å²) in [6.07, 6.45) is 3.67. The topological polar surface area (TPSA) is 64.5 Å². The van der Waals surface area contributed by atoms with Gasteiger partial charge < -0.3 is 20.8 Å². The van der Waals surface area contributed by atoms with Crippen molar-refractivity contribution in [3.05, 3.63) is 0 Å². The highest BCUT2D eigenvalue weighted by atomic mass is 16.3. The Morgan fingerprint density at radius 1 is 0.643 bits per heavy atom.